The van der Waals surface area contributed by atoms with Crippen molar-refractivity contribution in [3.63, 3.8) is 0 Å². The molecule has 1 aliphatic rings. The summed E-state index contributed by atoms with van der Waals surface area (Å²) in [6, 6.07) is 6.08. The van der Waals surface area contributed by atoms with E-state index in [1.807, 2.05) is 0 Å². The normalized spacial score (nSPS) is 24.9. The van der Waals surface area contributed by atoms with Crippen molar-refractivity contribution in [2.45, 2.75) is 32.1 Å². The van der Waals surface area contributed by atoms with Gasteiger partial charge in [0, 0.05) is 19.1 Å². The van der Waals surface area contributed by atoms with Gasteiger partial charge < -0.3 is 10.2 Å². The van der Waals surface area contributed by atoms with Crippen LogP contribution < -0.4 is 5.32 Å². The average Bonchev–Trinajstić information content (AvgIpc) is 2.37. The highest BCUT2D eigenvalue weighted by Gasteiger charge is 2.33. The molecule has 1 heterocycles. The standard InChI is InChI=1S/C15H21F3N2/c1-11-10-20(2)8-7-14(11)19-9-12-5-3-4-6-13(12)15(16,17)18/h3-6,11,14,19H,7-10H2,1-2H3. The van der Waals surface area contributed by atoms with Gasteiger partial charge in [0.2, 0.25) is 0 Å². The Bertz CT molecular complexity index is 445. The number of nitrogens with one attached hydrogen (secondary N) is 1. The zero-order chi connectivity index (χ0) is 14.8. The van der Waals surface area contributed by atoms with E-state index >= 15 is 0 Å². The van der Waals surface area contributed by atoms with Gasteiger partial charge in [0.25, 0.3) is 0 Å². The maximum absolute atomic E-state index is 12.9. The predicted molar refractivity (Wildman–Crippen MR) is 73.3 cm³/mol. The maximum atomic E-state index is 12.9. The van der Waals surface area contributed by atoms with E-state index in [1.54, 1.807) is 12.1 Å². The van der Waals surface area contributed by atoms with Gasteiger partial charge in [-0.05, 0) is 37.6 Å². The first kappa shape index (κ1) is 15.3. The minimum Gasteiger partial charge on any atom is -0.310 e. The van der Waals surface area contributed by atoms with Crippen LogP contribution in [0.3, 0.4) is 0 Å². The zero-order valence-electron chi connectivity index (χ0n) is 11.9. The van der Waals surface area contributed by atoms with Crippen LogP contribution in [-0.4, -0.2) is 31.1 Å². The quantitative estimate of drug-likeness (QED) is 0.918. The van der Waals surface area contributed by atoms with Crippen LogP contribution in [0.25, 0.3) is 0 Å². The van der Waals surface area contributed by atoms with Gasteiger partial charge in [-0.25, -0.2) is 0 Å². The summed E-state index contributed by atoms with van der Waals surface area (Å²) in [6.07, 6.45) is -3.30. The Hall–Kier alpha value is -1.07. The molecule has 1 fully saturated rings. The zero-order valence-corrected chi connectivity index (χ0v) is 11.9. The predicted octanol–water partition coefficient (Wildman–Crippen LogP) is 3.14. The fraction of sp³-hybridized carbons (Fsp3) is 0.600. The Balaban J connectivity index is 2.01. The molecule has 1 aromatic carbocycles. The molecule has 0 aromatic heterocycles. The number of benzene rings is 1. The fourth-order valence-corrected chi connectivity index (χ4v) is 2.85. The van der Waals surface area contributed by atoms with Crippen LogP contribution in [0.2, 0.25) is 0 Å². The van der Waals surface area contributed by atoms with Crippen LogP contribution in [0, 0.1) is 5.92 Å². The van der Waals surface area contributed by atoms with Crippen LogP contribution in [0.4, 0.5) is 13.2 Å². The molecule has 0 spiro atoms. The van der Waals surface area contributed by atoms with Crippen LogP contribution in [-0.2, 0) is 12.7 Å². The lowest BCUT2D eigenvalue weighted by molar-refractivity contribution is -0.138. The van der Waals surface area contributed by atoms with Crippen molar-refractivity contribution < 1.29 is 13.2 Å². The van der Waals surface area contributed by atoms with Crippen molar-refractivity contribution in [3.8, 4) is 0 Å². The summed E-state index contributed by atoms with van der Waals surface area (Å²) in [5, 5.41) is 3.29. The van der Waals surface area contributed by atoms with E-state index in [0.29, 0.717) is 11.5 Å². The van der Waals surface area contributed by atoms with E-state index in [1.165, 1.54) is 6.07 Å². The molecule has 1 aromatic rings. The second-order valence-corrected chi connectivity index (χ2v) is 5.67. The first-order valence-electron chi connectivity index (χ1n) is 6.95. The molecule has 0 amide bonds. The van der Waals surface area contributed by atoms with Gasteiger partial charge in [-0.1, -0.05) is 25.1 Å². The minimum absolute atomic E-state index is 0.272. The van der Waals surface area contributed by atoms with Gasteiger partial charge in [0.1, 0.15) is 0 Å². The Morgan fingerprint density at radius 2 is 2.00 bits per heavy atom. The largest absolute Gasteiger partial charge is 0.416 e. The maximum Gasteiger partial charge on any atom is 0.416 e. The van der Waals surface area contributed by atoms with E-state index in [0.717, 1.165) is 25.6 Å². The molecule has 0 bridgehead atoms. The summed E-state index contributed by atoms with van der Waals surface area (Å²) in [4.78, 5) is 2.26. The Morgan fingerprint density at radius 1 is 1.30 bits per heavy atom. The Kier molecular flexibility index (Phi) is 4.70. The molecule has 1 N–H and O–H groups in total. The molecule has 1 aliphatic heterocycles. The van der Waals surface area contributed by atoms with E-state index in [9.17, 15) is 13.2 Å². The molecular weight excluding hydrogens is 265 g/mol. The highest BCUT2D eigenvalue weighted by molar-refractivity contribution is 5.29. The lowest BCUT2D eigenvalue weighted by Crippen LogP contribution is -2.46. The molecule has 2 nitrogen and oxygen atoms in total. The highest BCUT2D eigenvalue weighted by Crippen LogP contribution is 2.32. The molecule has 0 radical (unpaired) electrons. The van der Waals surface area contributed by atoms with Gasteiger partial charge in [-0.15, -0.1) is 0 Å². The van der Waals surface area contributed by atoms with Crippen molar-refractivity contribution in [1.82, 2.24) is 10.2 Å². The first-order valence-corrected chi connectivity index (χ1v) is 6.95. The summed E-state index contributed by atoms with van der Waals surface area (Å²) in [6.45, 7) is 4.39. The summed E-state index contributed by atoms with van der Waals surface area (Å²) >= 11 is 0. The van der Waals surface area contributed by atoms with Crippen molar-refractivity contribution in [2.24, 2.45) is 5.92 Å². The van der Waals surface area contributed by atoms with E-state index in [4.69, 9.17) is 0 Å². The molecule has 2 atom stereocenters. The van der Waals surface area contributed by atoms with Gasteiger partial charge >= 0.3 is 6.18 Å². The molecular formula is C15H21F3N2. The molecule has 2 unspecified atom stereocenters. The summed E-state index contributed by atoms with van der Waals surface area (Å²) in [7, 11) is 2.08. The fourth-order valence-electron chi connectivity index (χ4n) is 2.85. The molecule has 5 heteroatoms. The van der Waals surface area contributed by atoms with Crippen molar-refractivity contribution >= 4 is 0 Å². The van der Waals surface area contributed by atoms with Gasteiger partial charge in [0.15, 0.2) is 0 Å². The third-order valence-corrected chi connectivity index (χ3v) is 3.99. The van der Waals surface area contributed by atoms with Crippen LogP contribution in [0.15, 0.2) is 24.3 Å². The third-order valence-electron chi connectivity index (χ3n) is 3.99. The number of nitrogens with zero attached hydrogens (tertiary/aromatic N) is 1. The second-order valence-electron chi connectivity index (χ2n) is 5.67. The lowest BCUT2D eigenvalue weighted by atomic mass is 9.94. The summed E-state index contributed by atoms with van der Waals surface area (Å²) in [5.41, 5.74) is -0.209. The molecule has 1 saturated heterocycles. The molecule has 2 rings (SSSR count). The minimum atomic E-state index is -4.28. The SMILES string of the molecule is CC1CN(C)CCC1NCc1ccccc1C(F)(F)F. The van der Waals surface area contributed by atoms with E-state index in [-0.39, 0.29) is 12.6 Å². The van der Waals surface area contributed by atoms with Gasteiger partial charge in [0.05, 0.1) is 5.56 Å². The molecule has 112 valence electrons. The van der Waals surface area contributed by atoms with E-state index < -0.39 is 11.7 Å². The van der Waals surface area contributed by atoms with Crippen molar-refractivity contribution in [1.29, 1.82) is 0 Å². The number of hydrogen-bond donors (Lipinski definition) is 1. The highest BCUT2D eigenvalue weighted by atomic mass is 19.4. The average molecular weight is 286 g/mol. The van der Waals surface area contributed by atoms with Crippen molar-refractivity contribution in [3.05, 3.63) is 35.4 Å². The van der Waals surface area contributed by atoms with Gasteiger partial charge in [-0.3, -0.25) is 0 Å². The Labute approximate surface area is 118 Å². The Morgan fingerprint density at radius 3 is 2.65 bits per heavy atom. The van der Waals surface area contributed by atoms with Crippen LogP contribution in [0.1, 0.15) is 24.5 Å². The third kappa shape index (κ3) is 3.73. The van der Waals surface area contributed by atoms with Crippen LogP contribution >= 0.6 is 0 Å². The summed E-state index contributed by atoms with van der Waals surface area (Å²) < 4.78 is 38.7. The van der Waals surface area contributed by atoms with Gasteiger partial charge in [-0.2, -0.15) is 13.2 Å². The molecule has 0 aliphatic carbocycles. The molecule has 20 heavy (non-hydrogen) atoms. The number of rotatable bonds is 3. The lowest BCUT2D eigenvalue weighted by Gasteiger charge is -2.35. The number of alkyl halides is 3. The second kappa shape index (κ2) is 6.14. The number of hydrogen-bond acceptors (Lipinski definition) is 2. The van der Waals surface area contributed by atoms with Crippen molar-refractivity contribution in [2.75, 3.05) is 20.1 Å². The summed E-state index contributed by atoms with van der Waals surface area (Å²) in [5.74, 6) is 0.451. The van der Waals surface area contributed by atoms with E-state index in [2.05, 4.69) is 24.2 Å². The monoisotopic (exact) mass is 286 g/mol. The topological polar surface area (TPSA) is 15.3 Å². The number of likely N-dealkylation sites (tertiary alicyclic amines) is 1. The first-order chi connectivity index (χ1) is 9.38. The number of piperidine rings is 1. The number of halogens is 3. The van der Waals surface area contributed by atoms with Crippen LogP contribution in [0.5, 0.6) is 0 Å². The smallest absolute Gasteiger partial charge is 0.310 e. The molecule has 0 saturated carbocycles.